The standard InChI is InChI=1S/C32H42N8O4S/c1-32(2)20-33-21-39(32)30-25(31(41)36-45(42,43)29-7-4-6-28-37(3)16-5-17-38(28)29)12-13-26(34-30)40-18-14-27(35-40)44-19-15-24(22-8-9-22)23-10-11-23/h4,6-7,12-14,18,22-24,33H,5,8-11,15-17,19-21H2,1-3H3/p+1. The van der Waals surface area contributed by atoms with E-state index in [-0.39, 0.29) is 16.1 Å². The van der Waals surface area contributed by atoms with Crippen LogP contribution in [0.4, 0.5) is 11.6 Å². The lowest BCUT2D eigenvalue weighted by molar-refractivity contribution is -0.725. The van der Waals surface area contributed by atoms with E-state index in [1.165, 1.54) is 31.7 Å². The van der Waals surface area contributed by atoms with E-state index in [9.17, 15) is 13.2 Å². The van der Waals surface area contributed by atoms with Gasteiger partial charge in [-0.15, -0.1) is 5.10 Å². The third kappa shape index (κ3) is 6.11. The van der Waals surface area contributed by atoms with Gasteiger partial charge in [-0.1, -0.05) is 0 Å². The highest BCUT2D eigenvalue weighted by atomic mass is 32.2. The second kappa shape index (κ2) is 11.6. The van der Waals surface area contributed by atoms with Crippen molar-refractivity contribution in [3.63, 3.8) is 0 Å². The number of hydrogen-bond acceptors (Lipinski definition) is 9. The highest BCUT2D eigenvalue weighted by molar-refractivity contribution is 7.89. The van der Waals surface area contributed by atoms with Gasteiger partial charge in [0.2, 0.25) is 10.9 Å². The van der Waals surface area contributed by atoms with E-state index in [0.717, 1.165) is 43.0 Å². The molecule has 1 amide bonds. The maximum absolute atomic E-state index is 13.7. The van der Waals surface area contributed by atoms with E-state index < -0.39 is 15.9 Å². The monoisotopic (exact) mass is 635 g/mol. The van der Waals surface area contributed by atoms with Gasteiger partial charge in [0.1, 0.15) is 5.82 Å². The summed E-state index contributed by atoms with van der Waals surface area (Å²) in [6, 6.07) is 10.2. The highest BCUT2D eigenvalue weighted by Crippen LogP contribution is 2.50. The van der Waals surface area contributed by atoms with Crippen molar-refractivity contribution in [2.24, 2.45) is 17.8 Å². The number of fused-ring (bicyclic) bond motifs is 1. The zero-order valence-corrected chi connectivity index (χ0v) is 27.1. The van der Waals surface area contributed by atoms with Crippen LogP contribution in [0.15, 0.2) is 47.6 Å². The molecule has 240 valence electrons. The van der Waals surface area contributed by atoms with Gasteiger partial charge in [-0.05, 0) is 88.0 Å². The maximum atomic E-state index is 13.7. The SMILES string of the molecule is CN1CCC[n+]2c1cccc2S(=O)(=O)NC(=O)c1ccc(-n2ccc(OCCC(C3CC3)C3CC3)n2)nc1N1CNCC1(C)C. The summed E-state index contributed by atoms with van der Waals surface area (Å²) in [4.78, 5) is 22.6. The summed E-state index contributed by atoms with van der Waals surface area (Å²) in [5.74, 6) is 4.03. The molecule has 0 aromatic carbocycles. The molecule has 0 atom stereocenters. The number of nitrogens with one attached hydrogen (secondary N) is 2. The maximum Gasteiger partial charge on any atom is 0.301 e. The van der Waals surface area contributed by atoms with Crippen molar-refractivity contribution < 1.29 is 22.5 Å². The van der Waals surface area contributed by atoms with Crippen LogP contribution in [0.25, 0.3) is 5.82 Å². The van der Waals surface area contributed by atoms with Gasteiger partial charge in [-0.2, -0.15) is 8.42 Å². The molecule has 45 heavy (non-hydrogen) atoms. The van der Waals surface area contributed by atoms with Crippen LogP contribution in [0, 0.1) is 17.8 Å². The Labute approximate surface area is 264 Å². The summed E-state index contributed by atoms with van der Waals surface area (Å²) < 4.78 is 39.0. The Morgan fingerprint density at radius 1 is 1.16 bits per heavy atom. The third-order valence-corrected chi connectivity index (χ3v) is 11.0. The summed E-state index contributed by atoms with van der Waals surface area (Å²) in [6.45, 7) is 7.29. The van der Waals surface area contributed by atoms with Gasteiger partial charge >= 0.3 is 10.0 Å². The summed E-state index contributed by atoms with van der Waals surface area (Å²) in [5.41, 5.74) is -0.197. The van der Waals surface area contributed by atoms with Crippen molar-refractivity contribution in [2.75, 3.05) is 43.2 Å². The van der Waals surface area contributed by atoms with Crippen LogP contribution in [0.2, 0.25) is 0 Å². The molecule has 2 aliphatic heterocycles. The Hall–Kier alpha value is -3.71. The number of nitrogens with zero attached hydrogens (tertiary/aromatic N) is 6. The lowest BCUT2D eigenvalue weighted by Gasteiger charge is -2.32. The van der Waals surface area contributed by atoms with Gasteiger partial charge in [0, 0.05) is 36.8 Å². The minimum Gasteiger partial charge on any atom is -0.477 e. The molecule has 7 rings (SSSR count). The number of anilines is 2. The quantitative estimate of drug-likeness (QED) is 0.306. The predicted molar refractivity (Wildman–Crippen MR) is 169 cm³/mol. The van der Waals surface area contributed by atoms with Crippen molar-refractivity contribution in [1.82, 2.24) is 24.8 Å². The largest absolute Gasteiger partial charge is 0.477 e. The van der Waals surface area contributed by atoms with E-state index in [0.29, 0.717) is 43.9 Å². The molecule has 0 bridgehead atoms. The van der Waals surface area contributed by atoms with Crippen molar-refractivity contribution in [3.8, 4) is 11.7 Å². The normalized spacial score (nSPS) is 19.6. The van der Waals surface area contributed by atoms with Crippen LogP contribution in [0.5, 0.6) is 5.88 Å². The molecule has 0 unspecified atom stereocenters. The average molecular weight is 636 g/mol. The first kappa shape index (κ1) is 30.0. The fraction of sp³-hybridized carbons (Fsp3) is 0.562. The van der Waals surface area contributed by atoms with E-state index in [1.54, 1.807) is 33.6 Å². The summed E-state index contributed by atoms with van der Waals surface area (Å²) in [6.07, 6.45) is 9.11. The molecular formula is C32H43N8O4S+. The smallest absolute Gasteiger partial charge is 0.301 e. The number of hydrogen-bond donors (Lipinski definition) is 2. The number of carbonyl (C=O) groups excluding carboxylic acids is 1. The minimum absolute atomic E-state index is 0.0545. The average Bonchev–Trinajstić information content (AvgIpc) is 3.95. The second-order valence-electron chi connectivity index (χ2n) is 13.5. The topological polar surface area (TPSA) is 126 Å². The molecule has 1 saturated heterocycles. The van der Waals surface area contributed by atoms with Crippen LogP contribution in [-0.4, -0.2) is 68.0 Å². The number of amides is 1. The van der Waals surface area contributed by atoms with Crippen LogP contribution in [0.3, 0.4) is 0 Å². The molecule has 4 aliphatic rings. The molecule has 5 heterocycles. The number of rotatable bonds is 11. The van der Waals surface area contributed by atoms with Gasteiger partial charge in [-0.25, -0.2) is 19.0 Å². The first-order valence-electron chi connectivity index (χ1n) is 16.1. The Bertz CT molecular complexity index is 1690. The Kier molecular flexibility index (Phi) is 7.71. The summed E-state index contributed by atoms with van der Waals surface area (Å²) in [5, 5.41) is 8.02. The molecule has 13 heteroatoms. The molecular weight excluding hydrogens is 592 g/mol. The van der Waals surface area contributed by atoms with Crippen LogP contribution in [0.1, 0.15) is 62.7 Å². The fourth-order valence-electron chi connectivity index (χ4n) is 6.92. The van der Waals surface area contributed by atoms with E-state index in [4.69, 9.17) is 9.72 Å². The highest BCUT2D eigenvalue weighted by Gasteiger charge is 2.41. The van der Waals surface area contributed by atoms with Crippen LogP contribution < -0.4 is 29.1 Å². The van der Waals surface area contributed by atoms with E-state index in [2.05, 4.69) is 29.0 Å². The van der Waals surface area contributed by atoms with Gasteiger partial charge in [0.05, 0.1) is 39.0 Å². The number of sulfonamides is 1. The lowest BCUT2D eigenvalue weighted by Crippen LogP contribution is -2.51. The van der Waals surface area contributed by atoms with Gasteiger partial charge in [0.25, 0.3) is 11.7 Å². The summed E-state index contributed by atoms with van der Waals surface area (Å²) in [7, 11) is -2.25. The third-order valence-electron chi connectivity index (χ3n) is 9.67. The first-order valence-corrected chi connectivity index (χ1v) is 17.6. The number of pyridine rings is 2. The van der Waals surface area contributed by atoms with Gasteiger partial charge in [0.15, 0.2) is 5.82 Å². The van der Waals surface area contributed by atoms with Gasteiger partial charge < -0.3 is 9.64 Å². The molecule has 2 aliphatic carbocycles. The molecule has 0 radical (unpaired) electrons. The van der Waals surface area contributed by atoms with Crippen molar-refractivity contribution >= 4 is 27.6 Å². The van der Waals surface area contributed by atoms with Crippen LogP contribution in [-0.2, 0) is 16.6 Å². The Balaban J connectivity index is 1.13. The zero-order chi connectivity index (χ0) is 31.3. The molecule has 3 aromatic rings. The molecule has 12 nitrogen and oxygen atoms in total. The van der Waals surface area contributed by atoms with Crippen molar-refractivity contribution in [2.45, 2.75) is 69.5 Å². The minimum atomic E-state index is -4.18. The van der Waals surface area contributed by atoms with E-state index in [1.807, 2.05) is 29.0 Å². The Morgan fingerprint density at radius 3 is 2.64 bits per heavy atom. The number of aromatic nitrogens is 4. The summed E-state index contributed by atoms with van der Waals surface area (Å²) >= 11 is 0. The predicted octanol–water partition coefficient (Wildman–Crippen LogP) is 2.86. The first-order chi connectivity index (χ1) is 21.6. The second-order valence-corrected chi connectivity index (χ2v) is 15.2. The number of carbonyl (C=O) groups is 1. The molecule has 3 aromatic heterocycles. The van der Waals surface area contributed by atoms with Crippen molar-refractivity contribution in [1.29, 1.82) is 0 Å². The molecule has 2 N–H and O–H groups in total. The molecule has 0 spiro atoms. The molecule has 2 saturated carbocycles. The Morgan fingerprint density at radius 2 is 1.93 bits per heavy atom. The number of ether oxygens (including phenoxy) is 1. The zero-order valence-electron chi connectivity index (χ0n) is 26.3. The lowest BCUT2D eigenvalue weighted by atomic mass is 9.95. The fourth-order valence-corrected chi connectivity index (χ4v) is 8.11. The van der Waals surface area contributed by atoms with Gasteiger partial charge in [-0.3, -0.25) is 15.0 Å². The van der Waals surface area contributed by atoms with Crippen LogP contribution >= 0.6 is 0 Å². The van der Waals surface area contributed by atoms with Crippen molar-refractivity contribution in [3.05, 3.63) is 48.2 Å². The molecule has 3 fully saturated rings. The van der Waals surface area contributed by atoms with E-state index >= 15 is 0 Å².